The van der Waals surface area contributed by atoms with Crippen LogP contribution >= 0.6 is 11.6 Å². The van der Waals surface area contributed by atoms with E-state index in [0.717, 1.165) is 22.6 Å². The fourth-order valence-corrected chi connectivity index (χ4v) is 4.50. The van der Waals surface area contributed by atoms with E-state index in [1.807, 2.05) is 41.4 Å². The Hall–Kier alpha value is -3.58. The molecule has 1 N–H and O–H groups in total. The molecule has 0 radical (unpaired) electrons. The van der Waals surface area contributed by atoms with E-state index in [1.54, 1.807) is 39.5 Å². The normalized spacial score (nSPS) is 18.7. The molecule has 2 aliphatic rings. The Morgan fingerprint density at radius 2 is 1.79 bits per heavy atom. The molecule has 0 fully saturated rings. The summed E-state index contributed by atoms with van der Waals surface area (Å²) in [6.45, 7) is 0. The standard InChI is InChI=1S/C25H23ClN2O5/c1-30-16-6-7-21(29)17(12-16)19-13-20-18-11-15(26)5-9-22(18)33-25(28(20)27-19)14-4-8-23(31-2)24(10-14)32-3/h4-12,20,25,29H,13H2,1-3H3. The Labute approximate surface area is 196 Å². The molecule has 0 saturated heterocycles. The van der Waals surface area contributed by atoms with Crippen molar-refractivity contribution in [2.75, 3.05) is 21.3 Å². The Kier molecular flexibility index (Phi) is 5.42. The molecule has 0 spiro atoms. The van der Waals surface area contributed by atoms with Gasteiger partial charge in [-0.3, -0.25) is 0 Å². The second-order valence-electron chi connectivity index (χ2n) is 7.80. The lowest BCUT2D eigenvalue weighted by Gasteiger charge is -2.38. The summed E-state index contributed by atoms with van der Waals surface area (Å²) in [7, 11) is 4.79. The third-order valence-corrected chi connectivity index (χ3v) is 6.19. The van der Waals surface area contributed by atoms with Gasteiger partial charge in [-0.05, 0) is 54.6 Å². The zero-order chi connectivity index (χ0) is 23.1. The molecule has 3 aromatic carbocycles. The molecule has 0 aliphatic carbocycles. The Balaban J connectivity index is 1.62. The Morgan fingerprint density at radius 1 is 0.970 bits per heavy atom. The van der Waals surface area contributed by atoms with Crippen molar-refractivity contribution in [3.63, 3.8) is 0 Å². The quantitative estimate of drug-likeness (QED) is 0.549. The molecule has 2 heterocycles. The van der Waals surface area contributed by atoms with Gasteiger partial charge in [0.25, 0.3) is 0 Å². The zero-order valence-corrected chi connectivity index (χ0v) is 19.2. The van der Waals surface area contributed by atoms with Crippen molar-refractivity contribution in [3.8, 4) is 28.7 Å². The van der Waals surface area contributed by atoms with E-state index in [-0.39, 0.29) is 11.8 Å². The second-order valence-corrected chi connectivity index (χ2v) is 8.23. The fourth-order valence-electron chi connectivity index (χ4n) is 4.32. The van der Waals surface area contributed by atoms with Crippen LogP contribution in [0.3, 0.4) is 0 Å². The lowest BCUT2D eigenvalue weighted by atomic mass is 9.95. The predicted molar refractivity (Wildman–Crippen MR) is 125 cm³/mol. The molecule has 2 unspecified atom stereocenters. The first-order valence-electron chi connectivity index (χ1n) is 10.4. The number of phenolic OH excluding ortho intramolecular Hbond substituents is 1. The van der Waals surface area contributed by atoms with Crippen molar-refractivity contribution >= 4 is 17.3 Å². The number of benzene rings is 3. The number of aromatic hydroxyl groups is 1. The van der Waals surface area contributed by atoms with Gasteiger partial charge < -0.3 is 24.1 Å². The highest BCUT2D eigenvalue weighted by atomic mass is 35.5. The van der Waals surface area contributed by atoms with Crippen molar-refractivity contribution in [3.05, 3.63) is 76.3 Å². The number of hydrogen-bond donors (Lipinski definition) is 1. The number of fused-ring (bicyclic) bond motifs is 3. The molecule has 0 aromatic heterocycles. The van der Waals surface area contributed by atoms with Crippen LogP contribution in [0.2, 0.25) is 5.02 Å². The summed E-state index contributed by atoms with van der Waals surface area (Å²) in [4.78, 5) is 0. The van der Waals surface area contributed by atoms with Crippen molar-refractivity contribution in [1.82, 2.24) is 5.01 Å². The number of hydrogen-bond acceptors (Lipinski definition) is 7. The lowest BCUT2D eigenvalue weighted by Crippen LogP contribution is -2.33. The first kappa shape index (κ1) is 21.3. The van der Waals surface area contributed by atoms with Crippen LogP contribution in [0.25, 0.3) is 0 Å². The molecule has 0 amide bonds. The third-order valence-electron chi connectivity index (χ3n) is 5.96. The molecule has 33 heavy (non-hydrogen) atoms. The smallest absolute Gasteiger partial charge is 0.214 e. The Morgan fingerprint density at radius 3 is 2.55 bits per heavy atom. The molecule has 7 nitrogen and oxygen atoms in total. The van der Waals surface area contributed by atoms with Crippen molar-refractivity contribution < 1.29 is 24.1 Å². The summed E-state index contributed by atoms with van der Waals surface area (Å²) in [5, 5.41) is 18.0. The molecular weight excluding hydrogens is 444 g/mol. The SMILES string of the molecule is COc1ccc(O)c(C2=NN3C(C2)c2cc(Cl)ccc2OC3c2ccc(OC)c(OC)c2)c1. The highest BCUT2D eigenvalue weighted by Gasteiger charge is 2.41. The van der Waals surface area contributed by atoms with Gasteiger partial charge >= 0.3 is 0 Å². The lowest BCUT2D eigenvalue weighted by molar-refractivity contribution is -0.0191. The van der Waals surface area contributed by atoms with Crippen LogP contribution in [-0.2, 0) is 0 Å². The highest BCUT2D eigenvalue weighted by Crippen LogP contribution is 2.49. The monoisotopic (exact) mass is 466 g/mol. The number of halogens is 1. The van der Waals surface area contributed by atoms with Crippen LogP contribution in [0.15, 0.2) is 59.7 Å². The maximum atomic E-state index is 10.5. The highest BCUT2D eigenvalue weighted by molar-refractivity contribution is 6.30. The summed E-state index contributed by atoms with van der Waals surface area (Å²) >= 11 is 6.31. The molecule has 8 heteroatoms. The van der Waals surface area contributed by atoms with E-state index in [9.17, 15) is 5.11 Å². The van der Waals surface area contributed by atoms with Gasteiger partial charge in [-0.2, -0.15) is 5.10 Å². The van der Waals surface area contributed by atoms with Crippen LogP contribution in [-0.4, -0.2) is 37.2 Å². The molecule has 0 bridgehead atoms. The van der Waals surface area contributed by atoms with Crippen LogP contribution < -0.4 is 18.9 Å². The van der Waals surface area contributed by atoms with Crippen molar-refractivity contribution in [2.24, 2.45) is 5.10 Å². The van der Waals surface area contributed by atoms with Crippen molar-refractivity contribution in [1.29, 1.82) is 0 Å². The predicted octanol–water partition coefficient (Wildman–Crippen LogP) is 5.31. The van der Waals surface area contributed by atoms with E-state index in [1.165, 1.54) is 0 Å². The van der Waals surface area contributed by atoms with Gasteiger partial charge in [-0.1, -0.05) is 11.6 Å². The molecular formula is C25H23ClN2O5. The van der Waals surface area contributed by atoms with Crippen molar-refractivity contribution in [2.45, 2.75) is 18.7 Å². The van der Waals surface area contributed by atoms with Gasteiger partial charge in [0.15, 0.2) is 11.5 Å². The average molecular weight is 467 g/mol. The van der Waals surface area contributed by atoms with E-state index in [2.05, 4.69) is 0 Å². The molecule has 5 rings (SSSR count). The molecule has 0 saturated carbocycles. The maximum Gasteiger partial charge on any atom is 0.214 e. The average Bonchev–Trinajstić information content (AvgIpc) is 3.29. The zero-order valence-electron chi connectivity index (χ0n) is 18.4. The third kappa shape index (κ3) is 3.68. The van der Waals surface area contributed by atoms with E-state index in [0.29, 0.717) is 34.3 Å². The molecule has 170 valence electrons. The minimum absolute atomic E-state index is 0.119. The largest absolute Gasteiger partial charge is 0.507 e. The van der Waals surface area contributed by atoms with Gasteiger partial charge in [-0.15, -0.1) is 0 Å². The van der Waals surface area contributed by atoms with Gasteiger partial charge in [0.05, 0.1) is 33.1 Å². The maximum absolute atomic E-state index is 10.5. The van der Waals surface area contributed by atoms with Crippen LogP contribution in [0.5, 0.6) is 28.7 Å². The fraction of sp³-hybridized carbons (Fsp3) is 0.240. The van der Waals surface area contributed by atoms with Gasteiger partial charge in [0, 0.05) is 28.1 Å². The van der Waals surface area contributed by atoms with E-state index < -0.39 is 6.23 Å². The minimum atomic E-state index is -0.506. The number of nitrogens with zero attached hydrogens (tertiary/aromatic N) is 2. The first-order valence-corrected chi connectivity index (χ1v) is 10.8. The second kappa shape index (κ2) is 8.41. The van der Waals surface area contributed by atoms with Crippen LogP contribution in [0, 0.1) is 0 Å². The van der Waals surface area contributed by atoms with Crippen LogP contribution in [0.4, 0.5) is 0 Å². The Bertz CT molecular complexity index is 1250. The topological polar surface area (TPSA) is 72.8 Å². The van der Waals surface area contributed by atoms with Gasteiger partial charge in [0.1, 0.15) is 17.2 Å². The summed E-state index contributed by atoms with van der Waals surface area (Å²) in [5.41, 5.74) is 3.16. The van der Waals surface area contributed by atoms with Gasteiger partial charge in [0.2, 0.25) is 6.23 Å². The van der Waals surface area contributed by atoms with E-state index in [4.69, 9.17) is 35.6 Å². The summed E-state index contributed by atoms with van der Waals surface area (Å²) in [5.74, 6) is 2.76. The summed E-state index contributed by atoms with van der Waals surface area (Å²) in [6.07, 6.45) is 0.0649. The summed E-state index contributed by atoms with van der Waals surface area (Å²) < 4.78 is 22.6. The minimum Gasteiger partial charge on any atom is -0.507 e. The number of hydrazone groups is 1. The first-order chi connectivity index (χ1) is 16.0. The van der Waals surface area contributed by atoms with Crippen LogP contribution in [0.1, 0.15) is 35.4 Å². The molecule has 2 atom stereocenters. The molecule has 3 aromatic rings. The summed E-state index contributed by atoms with van der Waals surface area (Å²) in [6, 6.07) is 16.3. The number of methoxy groups -OCH3 is 3. The van der Waals surface area contributed by atoms with Gasteiger partial charge in [-0.25, -0.2) is 5.01 Å². The number of phenols is 1. The van der Waals surface area contributed by atoms with E-state index >= 15 is 0 Å². The molecule has 2 aliphatic heterocycles. The number of ether oxygens (including phenoxy) is 4. The number of rotatable bonds is 5.